The fourth-order valence-electron chi connectivity index (χ4n) is 2.44. The second kappa shape index (κ2) is 8.15. The molecule has 3 rings (SSSR count). The predicted molar refractivity (Wildman–Crippen MR) is 103 cm³/mol. The van der Waals surface area contributed by atoms with Gasteiger partial charge in [-0.05, 0) is 54.8 Å². The van der Waals surface area contributed by atoms with E-state index in [2.05, 4.69) is 16.0 Å². The minimum absolute atomic E-state index is 0.0267. The smallest absolute Gasteiger partial charge is 0.143 e. The molecule has 0 aliphatic heterocycles. The van der Waals surface area contributed by atoms with Crippen LogP contribution in [0.1, 0.15) is 16.8 Å². The Balaban J connectivity index is 1.73. The SMILES string of the molecule is Oc1c(Cl)cc(Cl)cc1C=Nc1cccc(CCc2ccccn2)c1. The molecule has 25 heavy (non-hydrogen) atoms. The number of phenols is 1. The van der Waals surface area contributed by atoms with Crippen molar-refractivity contribution in [2.75, 3.05) is 0 Å². The Morgan fingerprint density at radius 3 is 2.68 bits per heavy atom. The number of halogens is 2. The van der Waals surface area contributed by atoms with Crippen LogP contribution in [0.25, 0.3) is 0 Å². The molecule has 126 valence electrons. The Labute approximate surface area is 156 Å². The molecule has 1 N–H and O–H groups in total. The lowest BCUT2D eigenvalue weighted by atomic mass is 10.1. The molecule has 3 aromatic rings. The van der Waals surface area contributed by atoms with Gasteiger partial charge in [0.15, 0.2) is 0 Å². The zero-order valence-electron chi connectivity index (χ0n) is 13.4. The third kappa shape index (κ3) is 4.81. The van der Waals surface area contributed by atoms with Gasteiger partial charge in [-0.2, -0.15) is 0 Å². The van der Waals surface area contributed by atoms with E-state index in [1.165, 1.54) is 11.6 Å². The van der Waals surface area contributed by atoms with Crippen LogP contribution in [0.3, 0.4) is 0 Å². The number of hydrogen-bond acceptors (Lipinski definition) is 3. The highest BCUT2D eigenvalue weighted by Crippen LogP contribution is 2.30. The molecule has 0 radical (unpaired) electrons. The lowest BCUT2D eigenvalue weighted by Crippen LogP contribution is -1.93. The van der Waals surface area contributed by atoms with E-state index < -0.39 is 0 Å². The fourth-order valence-corrected chi connectivity index (χ4v) is 2.95. The van der Waals surface area contributed by atoms with Gasteiger partial charge >= 0.3 is 0 Å². The Kier molecular flexibility index (Phi) is 5.69. The first-order valence-corrected chi connectivity index (χ1v) is 8.58. The van der Waals surface area contributed by atoms with Gasteiger partial charge in [-0.3, -0.25) is 9.98 Å². The van der Waals surface area contributed by atoms with Crippen molar-refractivity contribution in [3.8, 4) is 5.75 Å². The molecule has 5 heteroatoms. The number of nitrogens with zero attached hydrogens (tertiary/aromatic N) is 2. The van der Waals surface area contributed by atoms with E-state index in [9.17, 15) is 5.11 Å². The Morgan fingerprint density at radius 1 is 1.00 bits per heavy atom. The maximum atomic E-state index is 9.98. The number of aliphatic imine (C=N–C) groups is 1. The van der Waals surface area contributed by atoms with E-state index in [4.69, 9.17) is 23.2 Å². The number of aromatic nitrogens is 1. The lowest BCUT2D eigenvalue weighted by molar-refractivity contribution is 0.475. The van der Waals surface area contributed by atoms with Crippen molar-refractivity contribution in [1.82, 2.24) is 4.98 Å². The molecule has 1 aromatic heterocycles. The van der Waals surface area contributed by atoms with Crippen LogP contribution in [0.15, 0.2) is 65.8 Å². The largest absolute Gasteiger partial charge is 0.506 e. The topological polar surface area (TPSA) is 45.5 Å². The normalized spacial score (nSPS) is 11.1. The zero-order chi connectivity index (χ0) is 17.6. The predicted octanol–water partition coefficient (Wildman–Crippen LogP) is 5.63. The minimum Gasteiger partial charge on any atom is -0.506 e. The molecule has 0 aliphatic rings. The Morgan fingerprint density at radius 2 is 1.88 bits per heavy atom. The summed E-state index contributed by atoms with van der Waals surface area (Å²) in [6, 6.07) is 17.0. The molecule has 0 bridgehead atoms. The van der Waals surface area contributed by atoms with Crippen molar-refractivity contribution >= 4 is 35.1 Å². The molecule has 0 amide bonds. The van der Waals surface area contributed by atoms with E-state index in [-0.39, 0.29) is 10.8 Å². The number of aryl methyl sites for hydroxylation is 2. The second-order valence-electron chi connectivity index (χ2n) is 5.57. The van der Waals surface area contributed by atoms with Crippen LogP contribution >= 0.6 is 23.2 Å². The molecule has 0 aliphatic carbocycles. The first kappa shape index (κ1) is 17.5. The fraction of sp³-hybridized carbons (Fsp3) is 0.100. The van der Waals surface area contributed by atoms with Crippen molar-refractivity contribution in [2.24, 2.45) is 4.99 Å². The zero-order valence-corrected chi connectivity index (χ0v) is 14.9. The molecule has 0 unspecified atom stereocenters. The molecular formula is C20H16Cl2N2O. The van der Waals surface area contributed by atoms with Crippen LogP contribution in [0.4, 0.5) is 5.69 Å². The maximum Gasteiger partial charge on any atom is 0.143 e. The number of aromatic hydroxyl groups is 1. The summed E-state index contributed by atoms with van der Waals surface area (Å²) >= 11 is 11.9. The summed E-state index contributed by atoms with van der Waals surface area (Å²) in [5.74, 6) is -0.0267. The van der Waals surface area contributed by atoms with Crippen LogP contribution in [-0.2, 0) is 12.8 Å². The van der Waals surface area contributed by atoms with Gasteiger partial charge in [-0.25, -0.2) is 0 Å². The van der Waals surface area contributed by atoms with E-state index >= 15 is 0 Å². The molecule has 2 aromatic carbocycles. The Bertz CT molecular complexity index is 895. The van der Waals surface area contributed by atoms with Crippen molar-refractivity contribution in [2.45, 2.75) is 12.8 Å². The van der Waals surface area contributed by atoms with Gasteiger partial charge in [0.2, 0.25) is 0 Å². The number of benzene rings is 2. The van der Waals surface area contributed by atoms with Crippen molar-refractivity contribution < 1.29 is 5.11 Å². The first-order valence-electron chi connectivity index (χ1n) is 7.83. The number of hydrogen-bond donors (Lipinski definition) is 1. The third-order valence-electron chi connectivity index (χ3n) is 3.72. The summed E-state index contributed by atoms with van der Waals surface area (Å²) in [6.07, 6.45) is 5.12. The number of pyridine rings is 1. The van der Waals surface area contributed by atoms with E-state index in [0.29, 0.717) is 10.6 Å². The van der Waals surface area contributed by atoms with Gasteiger partial charge in [-0.1, -0.05) is 41.4 Å². The first-order chi connectivity index (χ1) is 12.1. The molecule has 0 saturated heterocycles. The van der Waals surface area contributed by atoms with Crippen LogP contribution in [0, 0.1) is 0 Å². The van der Waals surface area contributed by atoms with Gasteiger partial charge in [0.1, 0.15) is 5.75 Å². The summed E-state index contributed by atoms with van der Waals surface area (Å²) in [5.41, 5.74) is 3.52. The summed E-state index contributed by atoms with van der Waals surface area (Å²) in [4.78, 5) is 8.75. The summed E-state index contributed by atoms with van der Waals surface area (Å²) in [7, 11) is 0. The molecule has 0 fully saturated rings. The van der Waals surface area contributed by atoms with E-state index in [0.717, 1.165) is 24.2 Å². The second-order valence-corrected chi connectivity index (χ2v) is 6.42. The van der Waals surface area contributed by atoms with Gasteiger partial charge in [0, 0.05) is 28.7 Å². The van der Waals surface area contributed by atoms with E-state index in [1.54, 1.807) is 18.5 Å². The highest BCUT2D eigenvalue weighted by Gasteiger charge is 2.06. The monoisotopic (exact) mass is 370 g/mol. The average molecular weight is 371 g/mol. The maximum absolute atomic E-state index is 9.98. The third-order valence-corrected chi connectivity index (χ3v) is 4.22. The summed E-state index contributed by atoms with van der Waals surface area (Å²) in [6.45, 7) is 0. The highest BCUT2D eigenvalue weighted by molar-refractivity contribution is 6.36. The summed E-state index contributed by atoms with van der Waals surface area (Å²) < 4.78 is 0. The molecular weight excluding hydrogens is 355 g/mol. The van der Waals surface area contributed by atoms with Crippen molar-refractivity contribution in [3.63, 3.8) is 0 Å². The van der Waals surface area contributed by atoms with Gasteiger partial charge < -0.3 is 5.11 Å². The van der Waals surface area contributed by atoms with Crippen LogP contribution in [-0.4, -0.2) is 16.3 Å². The van der Waals surface area contributed by atoms with Gasteiger partial charge in [-0.15, -0.1) is 0 Å². The molecule has 3 nitrogen and oxygen atoms in total. The van der Waals surface area contributed by atoms with Crippen LogP contribution in [0.5, 0.6) is 5.75 Å². The van der Waals surface area contributed by atoms with Crippen LogP contribution < -0.4 is 0 Å². The van der Waals surface area contributed by atoms with Crippen LogP contribution in [0.2, 0.25) is 10.0 Å². The average Bonchev–Trinajstić information content (AvgIpc) is 2.63. The molecule has 1 heterocycles. The van der Waals surface area contributed by atoms with Gasteiger partial charge in [0.05, 0.1) is 10.7 Å². The molecule has 0 atom stereocenters. The highest BCUT2D eigenvalue weighted by atomic mass is 35.5. The molecule has 0 saturated carbocycles. The number of phenolic OH excluding ortho intramolecular Hbond substituents is 1. The lowest BCUT2D eigenvalue weighted by Gasteiger charge is -2.04. The summed E-state index contributed by atoms with van der Waals surface area (Å²) in [5, 5.41) is 10.6. The minimum atomic E-state index is -0.0267. The van der Waals surface area contributed by atoms with Gasteiger partial charge in [0.25, 0.3) is 0 Å². The van der Waals surface area contributed by atoms with E-state index in [1.807, 2.05) is 36.4 Å². The quantitative estimate of drug-likeness (QED) is 0.591. The molecule has 0 spiro atoms. The van der Waals surface area contributed by atoms with Crippen molar-refractivity contribution in [3.05, 3.63) is 87.7 Å². The Hall–Kier alpha value is -2.36. The standard InChI is InChI=1S/C20H16Cl2N2O/c21-16-11-15(20(25)19(22)12-16)13-24-18-6-3-4-14(10-18)7-8-17-5-1-2-9-23-17/h1-6,9-13,25H,7-8H2. The van der Waals surface area contributed by atoms with Crippen molar-refractivity contribution in [1.29, 1.82) is 0 Å². The number of rotatable bonds is 5.